The van der Waals surface area contributed by atoms with E-state index >= 15 is 0 Å². The predicted octanol–water partition coefficient (Wildman–Crippen LogP) is 4.88. The number of methoxy groups -OCH3 is 1. The van der Waals surface area contributed by atoms with E-state index in [1.807, 2.05) is 36.1 Å². The zero-order valence-corrected chi connectivity index (χ0v) is 22.7. The maximum absolute atomic E-state index is 13.5. The SMILES string of the molecule is COC(=O)Nc1ccc2c(c1)NC(=O)[C@H](C)CCC[C@H](N1CCC(C3CCNCC3)=CC1=O)c1cc-2ccn1. The molecule has 0 radical (unpaired) electrons. The first kappa shape index (κ1) is 26.9. The van der Waals surface area contributed by atoms with Gasteiger partial charge in [-0.1, -0.05) is 25.0 Å². The number of nitrogens with one attached hydrogen (secondary N) is 3. The fourth-order valence-corrected chi connectivity index (χ4v) is 5.91. The number of ether oxygens (including phenoxy) is 1. The van der Waals surface area contributed by atoms with E-state index in [1.54, 1.807) is 18.3 Å². The standard InChI is InChI=1S/C30H37N5O4/c1-19-4-3-5-27(35-15-11-21(17-28(35)36)20-8-12-31-13-9-20)26-16-22(10-14-32-26)24-7-6-23(33-30(38)39-2)18-25(24)34-29(19)37/h6-7,10,14,16-20,27,31H,3-5,8-9,11-13,15H2,1-2H3,(H,33,38)(H,34,37)/t19-,27+/m1/s1. The lowest BCUT2D eigenvalue weighted by molar-refractivity contribution is -0.129. The number of piperidine rings is 1. The number of hydrogen-bond donors (Lipinski definition) is 3. The molecule has 2 atom stereocenters. The van der Waals surface area contributed by atoms with E-state index < -0.39 is 6.09 Å². The van der Waals surface area contributed by atoms with Crippen LogP contribution < -0.4 is 16.0 Å². The van der Waals surface area contributed by atoms with Gasteiger partial charge in [-0.15, -0.1) is 0 Å². The molecule has 1 aromatic carbocycles. The van der Waals surface area contributed by atoms with Crippen LogP contribution in [0.15, 0.2) is 48.2 Å². The molecule has 4 heterocycles. The lowest BCUT2D eigenvalue weighted by atomic mass is 9.85. The summed E-state index contributed by atoms with van der Waals surface area (Å²) in [6, 6.07) is 9.14. The number of carbonyl (C=O) groups is 3. The first-order chi connectivity index (χ1) is 18.9. The molecule has 206 valence electrons. The number of fused-ring (bicyclic) bond motifs is 4. The fourth-order valence-electron chi connectivity index (χ4n) is 5.91. The van der Waals surface area contributed by atoms with Crippen LogP contribution in [-0.2, 0) is 14.3 Å². The van der Waals surface area contributed by atoms with Gasteiger partial charge in [-0.25, -0.2) is 4.79 Å². The van der Waals surface area contributed by atoms with E-state index in [0.717, 1.165) is 62.0 Å². The first-order valence-corrected chi connectivity index (χ1v) is 13.9. The Bertz CT molecular complexity index is 1270. The van der Waals surface area contributed by atoms with E-state index in [2.05, 4.69) is 16.0 Å². The second-order valence-corrected chi connectivity index (χ2v) is 10.7. The lowest BCUT2D eigenvalue weighted by Crippen LogP contribution is -2.39. The van der Waals surface area contributed by atoms with Crippen molar-refractivity contribution in [2.45, 2.75) is 51.5 Å². The Hall–Kier alpha value is -3.72. The Kier molecular flexibility index (Phi) is 8.26. The second kappa shape index (κ2) is 12.0. The smallest absolute Gasteiger partial charge is 0.411 e. The summed E-state index contributed by atoms with van der Waals surface area (Å²) in [4.78, 5) is 45.1. The molecule has 3 N–H and O–H groups in total. The number of rotatable bonds is 3. The van der Waals surface area contributed by atoms with Crippen LogP contribution in [-0.4, -0.2) is 54.5 Å². The van der Waals surface area contributed by atoms with Gasteiger partial charge in [0.05, 0.1) is 24.5 Å². The Morgan fingerprint density at radius 2 is 1.92 bits per heavy atom. The maximum Gasteiger partial charge on any atom is 0.411 e. The molecule has 5 rings (SSSR count). The number of anilines is 2. The second-order valence-electron chi connectivity index (χ2n) is 10.7. The molecule has 39 heavy (non-hydrogen) atoms. The van der Waals surface area contributed by atoms with Crippen molar-refractivity contribution in [2.75, 3.05) is 37.4 Å². The van der Waals surface area contributed by atoms with Gasteiger partial charge in [0, 0.05) is 36.0 Å². The highest BCUT2D eigenvalue weighted by molar-refractivity contribution is 5.98. The average Bonchev–Trinajstić information content (AvgIpc) is 2.95. The van der Waals surface area contributed by atoms with Gasteiger partial charge >= 0.3 is 6.09 Å². The van der Waals surface area contributed by atoms with Gasteiger partial charge in [-0.2, -0.15) is 0 Å². The number of hydrogen-bond acceptors (Lipinski definition) is 6. The number of amides is 3. The molecule has 9 heteroatoms. The quantitative estimate of drug-likeness (QED) is 0.520. The van der Waals surface area contributed by atoms with E-state index in [0.29, 0.717) is 30.3 Å². The minimum absolute atomic E-state index is 0.0591. The van der Waals surface area contributed by atoms with Crippen LogP contribution in [0.3, 0.4) is 0 Å². The molecule has 3 aliphatic rings. The van der Waals surface area contributed by atoms with Gasteiger partial charge in [-0.05, 0) is 80.9 Å². The molecular formula is C30H37N5O4. The zero-order valence-electron chi connectivity index (χ0n) is 22.7. The average molecular weight is 532 g/mol. The predicted molar refractivity (Wildman–Crippen MR) is 150 cm³/mol. The van der Waals surface area contributed by atoms with Gasteiger partial charge in [0.25, 0.3) is 0 Å². The summed E-state index contributed by atoms with van der Waals surface area (Å²) in [5, 5.41) is 9.13. The first-order valence-electron chi connectivity index (χ1n) is 13.9. The summed E-state index contributed by atoms with van der Waals surface area (Å²) in [6.07, 6.45) is 8.34. The highest BCUT2D eigenvalue weighted by Gasteiger charge is 2.31. The molecule has 1 aromatic heterocycles. The molecule has 1 saturated heterocycles. The van der Waals surface area contributed by atoms with Gasteiger partial charge in [0.2, 0.25) is 11.8 Å². The van der Waals surface area contributed by atoms with Crippen molar-refractivity contribution >= 4 is 29.3 Å². The lowest BCUT2D eigenvalue weighted by Gasteiger charge is -2.36. The summed E-state index contributed by atoms with van der Waals surface area (Å²) in [6.45, 7) is 4.61. The molecule has 2 aromatic rings. The Labute approximate surface area is 229 Å². The van der Waals surface area contributed by atoms with E-state index in [9.17, 15) is 14.4 Å². The summed E-state index contributed by atoms with van der Waals surface area (Å²) >= 11 is 0. The Morgan fingerprint density at radius 1 is 1.10 bits per heavy atom. The van der Waals surface area contributed by atoms with Crippen LogP contribution in [0.5, 0.6) is 0 Å². The van der Waals surface area contributed by atoms with Crippen LogP contribution in [0.25, 0.3) is 11.1 Å². The molecular weight excluding hydrogens is 494 g/mol. The van der Waals surface area contributed by atoms with Crippen LogP contribution in [0.4, 0.5) is 16.2 Å². The molecule has 2 bridgehead atoms. The van der Waals surface area contributed by atoms with Gasteiger partial charge in [-0.3, -0.25) is 19.9 Å². The number of nitrogens with zero attached hydrogens (tertiary/aromatic N) is 2. The van der Waals surface area contributed by atoms with Crippen LogP contribution in [0.2, 0.25) is 0 Å². The fraction of sp³-hybridized carbons (Fsp3) is 0.467. The third kappa shape index (κ3) is 6.14. The van der Waals surface area contributed by atoms with Gasteiger partial charge in [0.15, 0.2) is 0 Å². The van der Waals surface area contributed by atoms with E-state index in [4.69, 9.17) is 9.72 Å². The molecule has 0 aliphatic carbocycles. The largest absolute Gasteiger partial charge is 0.453 e. The highest BCUT2D eigenvalue weighted by atomic mass is 16.5. The zero-order chi connectivity index (χ0) is 27.4. The van der Waals surface area contributed by atoms with Crippen molar-refractivity contribution in [2.24, 2.45) is 11.8 Å². The molecule has 0 unspecified atom stereocenters. The molecule has 3 amide bonds. The molecule has 9 nitrogen and oxygen atoms in total. The number of aromatic nitrogens is 1. The Balaban J connectivity index is 1.48. The number of benzene rings is 1. The van der Waals surface area contributed by atoms with Crippen LogP contribution in [0, 0.1) is 11.8 Å². The summed E-state index contributed by atoms with van der Waals surface area (Å²) in [7, 11) is 1.30. The van der Waals surface area contributed by atoms with Crippen molar-refractivity contribution < 1.29 is 19.1 Å². The third-order valence-corrected chi connectivity index (χ3v) is 8.18. The monoisotopic (exact) mass is 531 g/mol. The van der Waals surface area contributed by atoms with Crippen molar-refractivity contribution in [3.63, 3.8) is 0 Å². The van der Waals surface area contributed by atoms with Crippen LogP contribution in [0.1, 0.15) is 57.2 Å². The molecule has 3 aliphatic heterocycles. The minimum Gasteiger partial charge on any atom is -0.453 e. The number of pyridine rings is 1. The van der Waals surface area contributed by atoms with Crippen LogP contribution >= 0.6 is 0 Å². The molecule has 1 fully saturated rings. The van der Waals surface area contributed by atoms with E-state index in [-0.39, 0.29) is 23.8 Å². The van der Waals surface area contributed by atoms with Crippen molar-refractivity contribution in [1.82, 2.24) is 15.2 Å². The van der Waals surface area contributed by atoms with Crippen molar-refractivity contribution in [1.29, 1.82) is 0 Å². The third-order valence-electron chi connectivity index (χ3n) is 8.18. The minimum atomic E-state index is -0.583. The van der Waals surface area contributed by atoms with Gasteiger partial charge in [0.1, 0.15) is 0 Å². The van der Waals surface area contributed by atoms with Crippen molar-refractivity contribution in [3.05, 3.63) is 53.9 Å². The molecule has 0 spiro atoms. The van der Waals surface area contributed by atoms with Crippen molar-refractivity contribution in [3.8, 4) is 11.1 Å². The maximum atomic E-state index is 13.5. The highest BCUT2D eigenvalue weighted by Crippen LogP contribution is 2.37. The van der Waals surface area contributed by atoms with Gasteiger partial charge < -0.3 is 20.3 Å². The summed E-state index contributed by atoms with van der Waals surface area (Å²) in [5.74, 6) is 0.250. The number of carbonyl (C=O) groups excluding carboxylic acids is 3. The topological polar surface area (TPSA) is 113 Å². The van der Waals surface area contributed by atoms with E-state index in [1.165, 1.54) is 12.7 Å². The summed E-state index contributed by atoms with van der Waals surface area (Å²) < 4.78 is 4.72. The molecule has 0 saturated carbocycles. The summed E-state index contributed by atoms with van der Waals surface area (Å²) in [5.41, 5.74) is 4.94. The normalized spacial score (nSPS) is 22.5. The Morgan fingerprint density at radius 3 is 2.69 bits per heavy atom.